The molecular weight excluding hydrogens is 292 g/mol. The molecule has 4 nitrogen and oxygen atoms in total. The van der Waals surface area contributed by atoms with E-state index in [1.54, 1.807) is 0 Å². The Morgan fingerprint density at radius 3 is 2.55 bits per heavy atom. The highest BCUT2D eigenvalue weighted by molar-refractivity contribution is 7.09. The van der Waals surface area contributed by atoms with Crippen LogP contribution in [-0.2, 0) is 13.1 Å². The van der Waals surface area contributed by atoms with E-state index in [9.17, 15) is 0 Å². The van der Waals surface area contributed by atoms with E-state index in [-0.39, 0.29) is 0 Å². The van der Waals surface area contributed by atoms with Gasteiger partial charge in [0, 0.05) is 49.8 Å². The van der Waals surface area contributed by atoms with Crippen molar-refractivity contribution in [2.45, 2.75) is 13.1 Å². The number of hydrogen-bond acceptors (Lipinski definition) is 4. The number of nitrogens with zero attached hydrogens (tertiary/aromatic N) is 4. The molecule has 0 saturated carbocycles. The van der Waals surface area contributed by atoms with Gasteiger partial charge in [0.05, 0.1) is 18.0 Å². The number of thiophene rings is 1. The number of pyridine rings is 1. The van der Waals surface area contributed by atoms with E-state index >= 15 is 0 Å². The Balaban J connectivity index is 1.37. The predicted molar refractivity (Wildman–Crippen MR) is 90.1 cm³/mol. The molecule has 0 spiro atoms. The topological polar surface area (TPSA) is 23.8 Å². The van der Waals surface area contributed by atoms with Gasteiger partial charge in [0.2, 0.25) is 0 Å². The summed E-state index contributed by atoms with van der Waals surface area (Å²) in [6.07, 6.45) is 3.83. The molecule has 0 unspecified atom stereocenters. The van der Waals surface area contributed by atoms with Gasteiger partial charge in [0.15, 0.2) is 0 Å². The standard InChI is InChI=1S/C17H20N4S/c1-3-15-11-18-14-21(15)16(4-1)12-19-6-8-20(9-7-19)13-17-5-2-10-22-17/h1-5,10-11,14H,6-9,12-13H2. The highest BCUT2D eigenvalue weighted by atomic mass is 32.1. The van der Waals surface area contributed by atoms with E-state index in [4.69, 9.17) is 0 Å². The molecular formula is C17H20N4S. The van der Waals surface area contributed by atoms with Gasteiger partial charge in [-0.05, 0) is 23.6 Å². The second kappa shape index (κ2) is 6.20. The van der Waals surface area contributed by atoms with Crippen LogP contribution < -0.4 is 0 Å². The first-order chi connectivity index (χ1) is 10.9. The molecule has 114 valence electrons. The Bertz CT molecular complexity index is 726. The Hall–Kier alpha value is -1.69. The van der Waals surface area contributed by atoms with Crippen molar-refractivity contribution >= 4 is 16.9 Å². The molecule has 1 fully saturated rings. The van der Waals surface area contributed by atoms with Crippen molar-refractivity contribution in [2.75, 3.05) is 26.2 Å². The summed E-state index contributed by atoms with van der Waals surface area (Å²) in [4.78, 5) is 10.8. The fourth-order valence-electron chi connectivity index (χ4n) is 3.09. The third-order valence-corrected chi connectivity index (χ3v) is 5.20. The van der Waals surface area contributed by atoms with Crippen molar-refractivity contribution in [3.8, 4) is 0 Å². The van der Waals surface area contributed by atoms with Crippen molar-refractivity contribution in [1.29, 1.82) is 0 Å². The summed E-state index contributed by atoms with van der Waals surface area (Å²) < 4.78 is 2.19. The van der Waals surface area contributed by atoms with Gasteiger partial charge in [-0.15, -0.1) is 11.3 Å². The zero-order valence-electron chi connectivity index (χ0n) is 12.6. The largest absolute Gasteiger partial charge is 0.302 e. The van der Waals surface area contributed by atoms with Crippen molar-refractivity contribution in [1.82, 2.24) is 19.2 Å². The van der Waals surface area contributed by atoms with Crippen LogP contribution in [0, 0.1) is 0 Å². The third kappa shape index (κ3) is 2.92. The molecule has 5 heteroatoms. The number of aromatic nitrogens is 2. The van der Waals surface area contributed by atoms with Crippen LogP contribution in [0.2, 0.25) is 0 Å². The zero-order chi connectivity index (χ0) is 14.8. The Kier molecular flexibility index (Phi) is 3.93. The summed E-state index contributed by atoms with van der Waals surface area (Å²) in [5.41, 5.74) is 2.50. The minimum Gasteiger partial charge on any atom is -0.302 e. The maximum Gasteiger partial charge on any atom is 0.0994 e. The predicted octanol–water partition coefficient (Wildman–Crippen LogP) is 2.71. The first kappa shape index (κ1) is 13.9. The van der Waals surface area contributed by atoms with Crippen LogP contribution in [0.4, 0.5) is 0 Å². The normalized spacial score (nSPS) is 17.3. The SMILES string of the molecule is c1csc(CN2CCN(Cc3cccc4cncn34)CC2)c1. The Morgan fingerprint density at radius 1 is 0.955 bits per heavy atom. The molecule has 4 rings (SSSR count). The molecule has 0 aromatic carbocycles. The highest BCUT2D eigenvalue weighted by Crippen LogP contribution is 2.15. The molecule has 1 saturated heterocycles. The second-order valence-electron chi connectivity index (χ2n) is 5.84. The third-order valence-electron chi connectivity index (χ3n) is 4.34. The summed E-state index contributed by atoms with van der Waals surface area (Å²) in [5, 5.41) is 2.16. The van der Waals surface area contributed by atoms with Crippen LogP contribution in [0.25, 0.3) is 5.52 Å². The van der Waals surface area contributed by atoms with Gasteiger partial charge in [-0.2, -0.15) is 0 Å². The van der Waals surface area contributed by atoms with Crippen LogP contribution in [0.15, 0.2) is 48.2 Å². The number of imidazole rings is 1. The molecule has 0 radical (unpaired) electrons. The van der Waals surface area contributed by atoms with E-state index in [1.165, 1.54) is 16.1 Å². The highest BCUT2D eigenvalue weighted by Gasteiger charge is 2.18. The van der Waals surface area contributed by atoms with Gasteiger partial charge in [-0.1, -0.05) is 12.1 Å². The van der Waals surface area contributed by atoms with Crippen molar-refractivity contribution < 1.29 is 0 Å². The molecule has 0 N–H and O–H groups in total. The van der Waals surface area contributed by atoms with Gasteiger partial charge in [-0.3, -0.25) is 9.80 Å². The molecule has 0 bridgehead atoms. The molecule has 3 aromatic rings. The Morgan fingerprint density at radius 2 is 1.77 bits per heavy atom. The van der Waals surface area contributed by atoms with Gasteiger partial charge in [0.25, 0.3) is 0 Å². The van der Waals surface area contributed by atoms with Crippen LogP contribution in [0.5, 0.6) is 0 Å². The summed E-state index contributed by atoms with van der Waals surface area (Å²) >= 11 is 1.86. The van der Waals surface area contributed by atoms with Gasteiger partial charge in [0.1, 0.15) is 0 Å². The fourth-order valence-corrected chi connectivity index (χ4v) is 3.84. The lowest BCUT2D eigenvalue weighted by atomic mass is 10.2. The lowest BCUT2D eigenvalue weighted by molar-refractivity contribution is 0.121. The molecule has 4 heterocycles. The maximum atomic E-state index is 4.25. The zero-order valence-corrected chi connectivity index (χ0v) is 13.4. The minimum absolute atomic E-state index is 1.00. The summed E-state index contributed by atoms with van der Waals surface area (Å²) in [7, 11) is 0. The van der Waals surface area contributed by atoms with E-state index in [1.807, 2.05) is 23.9 Å². The van der Waals surface area contributed by atoms with Gasteiger partial charge < -0.3 is 4.40 Å². The number of hydrogen-bond donors (Lipinski definition) is 0. The fraction of sp³-hybridized carbons (Fsp3) is 0.353. The molecule has 1 aliphatic rings. The average molecular weight is 312 g/mol. The molecule has 0 aliphatic carbocycles. The summed E-state index contributed by atoms with van der Waals surface area (Å²) in [6.45, 7) is 6.67. The van der Waals surface area contributed by atoms with Crippen LogP contribution >= 0.6 is 11.3 Å². The number of fused-ring (bicyclic) bond motifs is 1. The first-order valence-corrected chi connectivity index (χ1v) is 8.63. The number of rotatable bonds is 4. The van der Waals surface area contributed by atoms with Crippen molar-refractivity contribution in [3.63, 3.8) is 0 Å². The molecule has 3 aromatic heterocycles. The summed E-state index contributed by atoms with van der Waals surface area (Å²) in [5.74, 6) is 0. The summed E-state index contributed by atoms with van der Waals surface area (Å²) in [6, 6.07) is 10.8. The quantitative estimate of drug-likeness (QED) is 0.740. The van der Waals surface area contributed by atoms with E-state index < -0.39 is 0 Å². The lowest BCUT2D eigenvalue weighted by Crippen LogP contribution is -2.45. The molecule has 1 aliphatic heterocycles. The maximum absolute atomic E-state index is 4.25. The average Bonchev–Trinajstić information content (AvgIpc) is 3.21. The Labute approximate surface area is 134 Å². The smallest absolute Gasteiger partial charge is 0.0994 e. The minimum atomic E-state index is 1.00. The van der Waals surface area contributed by atoms with E-state index in [2.05, 4.69) is 54.9 Å². The van der Waals surface area contributed by atoms with Crippen LogP contribution in [-0.4, -0.2) is 45.4 Å². The lowest BCUT2D eigenvalue weighted by Gasteiger charge is -2.34. The van der Waals surface area contributed by atoms with Gasteiger partial charge in [-0.25, -0.2) is 4.98 Å². The van der Waals surface area contributed by atoms with Crippen LogP contribution in [0.3, 0.4) is 0 Å². The number of piperazine rings is 1. The monoisotopic (exact) mass is 312 g/mol. The van der Waals surface area contributed by atoms with E-state index in [0.29, 0.717) is 0 Å². The first-order valence-electron chi connectivity index (χ1n) is 7.75. The van der Waals surface area contributed by atoms with Crippen molar-refractivity contribution in [2.24, 2.45) is 0 Å². The molecule has 0 atom stereocenters. The van der Waals surface area contributed by atoms with Crippen molar-refractivity contribution in [3.05, 3.63) is 58.8 Å². The van der Waals surface area contributed by atoms with E-state index in [0.717, 1.165) is 39.3 Å². The molecule has 0 amide bonds. The van der Waals surface area contributed by atoms with Crippen LogP contribution in [0.1, 0.15) is 10.6 Å². The van der Waals surface area contributed by atoms with Gasteiger partial charge >= 0.3 is 0 Å². The molecule has 22 heavy (non-hydrogen) atoms. The second-order valence-corrected chi connectivity index (χ2v) is 6.87.